The van der Waals surface area contributed by atoms with Gasteiger partial charge >= 0.3 is 6.18 Å². The summed E-state index contributed by atoms with van der Waals surface area (Å²) in [5, 5.41) is 3.06. The van der Waals surface area contributed by atoms with E-state index in [1.807, 2.05) is 6.07 Å². The van der Waals surface area contributed by atoms with Crippen LogP contribution in [0.5, 0.6) is 0 Å². The average molecular weight is 399 g/mol. The highest BCUT2D eigenvalue weighted by Crippen LogP contribution is 2.35. The van der Waals surface area contributed by atoms with Gasteiger partial charge in [-0.3, -0.25) is 0 Å². The number of rotatable bonds is 4. The SMILES string of the molecule is CNC(Cc1ccc(Cl)s1)c1cc(C(F)(F)F)ccc1Br. The first-order valence-corrected chi connectivity index (χ1v) is 8.08. The van der Waals surface area contributed by atoms with E-state index < -0.39 is 11.7 Å². The lowest BCUT2D eigenvalue weighted by Crippen LogP contribution is -2.20. The molecule has 0 aliphatic rings. The molecule has 0 saturated carbocycles. The lowest BCUT2D eigenvalue weighted by atomic mass is 10.0. The Morgan fingerprint density at radius 1 is 1.29 bits per heavy atom. The van der Waals surface area contributed by atoms with Crippen molar-refractivity contribution >= 4 is 38.9 Å². The highest BCUT2D eigenvalue weighted by molar-refractivity contribution is 9.10. The van der Waals surface area contributed by atoms with Crippen LogP contribution < -0.4 is 5.32 Å². The molecule has 1 atom stereocenters. The summed E-state index contributed by atoms with van der Waals surface area (Å²) in [6.45, 7) is 0. The summed E-state index contributed by atoms with van der Waals surface area (Å²) in [6, 6.07) is 7.14. The van der Waals surface area contributed by atoms with Gasteiger partial charge in [0.25, 0.3) is 0 Å². The van der Waals surface area contributed by atoms with Crippen molar-refractivity contribution in [1.29, 1.82) is 0 Å². The zero-order valence-electron chi connectivity index (χ0n) is 11.0. The second-order valence-corrected chi connectivity index (χ2v) is 7.14. The van der Waals surface area contributed by atoms with Crippen LogP contribution in [0.25, 0.3) is 0 Å². The first-order chi connectivity index (χ1) is 9.81. The van der Waals surface area contributed by atoms with E-state index in [0.29, 0.717) is 20.8 Å². The summed E-state index contributed by atoms with van der Waals surface area (Å²) in [6.07, 6.45) is -3.77. The van der Waals surface area contributed by atoms with Gasteiger partial charge in [0.15, 0.2) is 0 Å². The fraction of sp³-hybridized carbons (Fsp3) is 0.286. The number of alkyl halides is 3. The lowest BCUT2D eigenvalue weighted by Gasteiger charge is -2.19. The highest BCUT2D eigenvalue weighted by Gasteiger charge is 2.31. The number of benzene rings is 1. The van der Waals surface area contributed by atoms with Crippen LogP contribution in [0.15, 0.2) is 34.8 Å². The van der Waals surface area contributed by atoms with Gasteiger partial charge in [-0.2, -0.15) is 13.2 Å². The third-order valence-electron chi connectivity index (χ3n) is 3.08. The Hall–Kier alpha value is -0.560. The molecule has 0 spiro atoms. The van der Waals surface area contributed by atoms with E-state index in [-0.39, 0.29) is 6.04 Å². The quantitative estimate of drug-likeness (QED) is 0.698. The van der Waals surface area contributed by atoms with Crippen LogP contribution in [0, 0.1) is 0 Å². The summed E-state index contributed by atoms with van der Waals surface area (Å²) in [5.74, 6) is 0. The van der Waals surface area contributed by atoms with E-state index in [0.717, 1.165) is 10.9 Å². The molecule has 0 saturated heterocycles. The predicted octanol–water partition coefficient (Wildman–Crippen LogP) is 5.69. The number of hydrogen-bond donors (Lipinski definition) is 1. The van der Waals surface area contributed by atoms with E-state index in [4.69, 9.17) is 11.6 Å². The van der Waals surface area contributed by atoms with Crippen molar-refractivity contribution in [2.24, 2.45) is 0 Å². The van der Waals surface area contributed by atoms with Gasteiger partial charge in [0.2, 0.25) is 0 Å². The van der Waals surface area contributed by atoms with Crippen LogP contribution >= 0.6 is 38.9 Å². The maximum Gasteiger partial charge on any atom is 0.416 e. The van der Waals surface area contributed by atoms with Gasteiger partial charge in [-0.15, -0.1) is 11.3 Å². The van der Waals surface area contributed by atoms with Gasteiger partial charge in [-0.05, 0) is 42.9 Å². The van der Waals surface area contributed by atoms with E-state index >= 15 is 0 Å². The van der Waals surface area contributed by atoms with Gasteiger partial charge in [0.1, 0.15) is 0 Å². The van der Waals surface area contributed by atoms with Crippen molar-refractivity contribution in [2.75, 3.05) is 7.05 Å². The van der Waals surface area contributed by atoms with Crippen molar-refractivity contribution in [3.8, 4) is 0 Å². The molecule has 1 N–H and O–H groups in total. The molecule has 0 aliphatic heterocycles. The fourth-order valence-corrected chi connectivity index (χ4v) is 3.67. The Morgan fingerprint density at radius 2 is 2.00 bits per heavy atom. The maximum atomic E-state index is 12.8. The Morgan fingerprint density at radius 3 is 2.52 bits per heavy atom. The van der Waals surface area contributed by atoms with Crippen molar-refractivity contribution in [1.82, 2.24) is 5.32 Å². The molecular weight excluding hydrogens is 387 g/mol. The standard InChI is InChI=1S/C14H12BrClF3NS/c1-20-12(7-9-3-5-13(16)21-9)10-6-8(14(17,18)19)2-4-11(10)15/h2-6,12,20H,7H2,1H3. The first kappa shape index (κ1) is 16.8. The minimum atomic E-state index is -4.35. The third-order valence-corrected chi connectivity index (χ3v) is 5.06. The number of likely N-dealkylation sites (N-methyl/N-ethyl adjacent to an activating group) is 1. The molecule has 21 heavy (non-hydrogen) atoms. The topological polar surface area (TPSA) is 12.0 Å². The van der Waals surface area contributed by atoms with E-state index in [9.17, 15) is 13.2 Å². The molecule has 0 fully saturated rings. The lowest BCUT2D eigenvalue weighted by molar-refractivity contribution is -0.137. The molecule has 2 aromatic rings. The fourth-order valence-electron chi connectivity index (χ4n) is 2.02. The van der Waals surface area contributed by atoms with Crippen LogP contribution in [-0.2, 0) is 12.6 Å². The second kappa shape index (κ2) is 6.69. The third kappa shape index (κ3) is 4.22. The molecule has 1 aromatic carbocycles. The number of thiophene rings is 1. The number of halogens is 5. The van der Waals surface area contributed by atoms with E-state index in [1.54, 1.807) is 13.1 Å². The monoisotopic (exact) mass is 397 g/mol. The summed E-state index contributed by atoms with van der Waals surface area (Å²) in [4.78, 5) is 1.02. The van der Waals surface area contributed by atoms with Crippen LogP contribution in [0.1, 0.15) is 22.0 Å². The summed E-state index contributed by atoms with van der Waals surface area (Å²) >= 11 is 10.6. The maximum absolute atomic E-state index is 12.8. The minimum absolute atomic E-state index is 0.226. The van der Waals surface area contributed by atoms with Gasteiger partial charge < -0.3 is 5.32 Å². The Kier molecular flexibility index (Phi) is 5.35. The highest BCUT2D eigenvalue weighted by atomic mass is 79.9. The molecule has 0 radical (unpaired) electrons. The van der Waals surface area contributed by atoms with E-state index in [1.165, 1.54) is 23.5 Å². The van der Waals surface area contributed by atoms with Gasteiger partial charge in [0.05, 0.1) is 9.90 Å². The van der Waals surface area contributed by atoms with Crippen molar-refractivity contribution in [3.63, 3.8) is 0 Å². The largest absolute Gasteiger partial charge is 0.416 e. The normalized spacial score (nSPS) is 13.4. The molecule has 0 aliphatic carbocycles. The molecule has 2 rings (SSSR count). The average Bonchev–Trinajstić information content (AvgIpc) is 2.81. The van der Waals surface area contributed by atoms with Gasteiger partial charge in [-0.25, -0.2) is 0 Å². The van der Waals surface area contributed by atoms with Crippen LogP contribution in [0.2, 0.25) is 4.34 Å². The Labute approximate surface area is 138 Å². The smallest absolute Gasteiger partial charge is 0.313 e. The molecule has 1 unspecified atom stereocenters. The minimum Gasteiger partial charge on any atom is -0.313 e. The molecule has 1 heterocycles. The van der Waals surface area contributed by atoms with Crippen molar-refractivity contribution < 1.29 is 13.2 Å². The van der Waals surface area contributed by atoms with Crippen LogP contribution in [0.3, 0.4) is 0 Å². The van der Waals surface area contributed by atoms with Crippen molar-refractivity contribution in [3.05, 3.63) is 55.1 Å². The van der Waals surface area contributed by atoms with Crippen LogP contribution in [0.4, 0.5) is 13.2 Å². The molecular formula is C14H12BrClF3NS. The Balaban J connectivity index is 2.33. The predicted molar refractivity (Wildman–Crippen MR) is 84.0 cm³/mol. The molecule has 7 heteroatoms. The number of hydrogen-bond acceptors (Lipinski definition) is 2. The molecule has 114 valence electrons. The molecule has 0 amide bonds. The zero-order chi connectivity index (χ0) is 15.6. The summed E-state index contributed by atoms with van der Waals surface area (Å²) < 4.78 is 39.9. The Bertz CT molecular complexity index is 627. The first-order valence-electron chi connectivity index (χ1n) is 6.09. The molecule has 1 aromatic heterocycles. The molecule has 1 nitrogen and oxygen atoms in total. The van der Waals surface area contributed by atoms with Gasteiger partial charge in [0, 0.05) is 21.8 Å². The van der Waals surface area contributed by atoms with E-state index in [2.05, 4.69) is 21.2 Å². The summed E-state index contributed by atoms with van der Waals surface area (Å²) in [7, 11) is 1.73. The van der Waals surface area contributed by atoms with Gasteiger partial charge in [-0.1, -0.05) is 27.5 Å². The van der Waals surface area contributed by atoms with Crippen molar-refractivity contribution in [2.45, 2.75) is 18.6 Å². The summed E-state index contributed by atoms with van der Waals surface area (Å²) in [5.41, 5.74) is -0.0676. The number of nitrogens with one attached hydrogen (secondary N) is 1. The molecule has 0 bridgehead atoms. The second-order valence-electron chi connectivity index (χ2n) is 4.49. The zero-order valence-corrected chi connectivity index (χ0v) is 14.1. The van der Waals surface area contributed by atoms with Crippen LogP contribution in [-0.4, -0.2) is 7.05 Å².